The first-order valence-electron chi connectivity index (χ1n) is 10.5. The van der Waals surface area contributed by atoms with Gasteiger partial charge in [0.25, 0.3) is 0 Å². The Morgan fingerprint density at radius 2 is 2.10 bits per heavy atom. The predicted molar refractivity (Wildman–Crippen MR) is 113 cm³/mol. The van der Waals surface area contributed by atoms with Crippen molar-refractivity contribution in [2.75, 3.05) is 6.61 Å². The van der Waals surface area contributed by atoms with Crippen LogP contribution in [0.5, 0.6) is 0 Å². The Hall–Kier alpha value is -3.39. The molecule has 0 spiro atoms. The van der Waals surface area contributed by atoms with Crippen molar-refractivity contribution in [1.29, 1.82) is 0 Å². The fraction of sp³-hybridized carbons (Fsp3) is 0.348. The fourth-order valence-corrected chi connectivity index (χ4v) is 4.57. The number of aromatic nitrogens is 6. The molecular weight excluding hydrogens is 392 g/mol. The Morgan fingerprint density at radius 1 is 1.19 bits per heavy atom. The van der Waals surface area contributed by atoms with E-state index in [1.54, 1.807) is 16.9 Å². The highest BCUT2D eigenvalue weighted by atomic mass is 16.5. The number of fused-ring (bicyclic) bond motifs is 3. The third kappa shape index (κ3) is 2.90. The van der Waals surface area contributed by atoms with Crippen molar-refractivity contribution in [3.63, 3.8) is 0 Å². The van der Waals surface area contributed by atoms with Gasteiger partial charge in [0, 0.05) is 30.7 Å². The normalized spacial score (nSPS) is 17.2. The van der Waals surface area contributed by atoms with Crippen LogP contribution in [0.3, 0.4) is 0 Å². The number of benzene rings is 1. The second-order valence-corrected chi connectivity index (χ2v) is 8.76. The molecule has 0 N–H and O–H groups in total. The average Bonchev–Trinajstić information content (AvgIpc) is 3.41. The van der Waals surface area contributed by atoms with Gasteiger partial charge in [0.15, 0.2) is 11.5 Å². The Bertz CT molecular complexity index is 1330. The third-order valence-electron chi connectivity index (χ3n) is 6.36. The molecule has 3 aromatic heterocycles. The zero-order valence-corrected chi connectivity index (χ0v) is 17.5. The molecule has 1 aromatic carbocycles. The van der Waals surface area contributed by atoms with Gasteiger partial charge in [0.1, 0.15) is 17.2 Å². The van der Waals surface area contributed by atoms with Crippen molar-refractivity contribution < 1.29 is 9.53 Å². The van der Waals surface area contributed by atoms with Gasteiger partial charge in [-0.05, 0) is 36.6 Å². The molecule has 0 saturated heterocycles. The quantitative estimate of drug-likeness (QED) is 0.512. The molecule has 2 aliphatic rings. The Labute approximate surface area is 178 Å². The SMILES string of the molecule is CC1(C)C(=O)Cc2cc(Cc3nc4c(-c5cc6n(n5)CCOC6)nccn4n3)ccc21. The molecule has 0 unspecified atom stereocenters. The van der Waals surface area contributed by atoms with Crippen LogP contribution in [0.25, 0.3) is 17.0 Å². The van der Waals surface area contributed by atoms with Crippen molar-refractivity contribution in [1.82, 2.24) is 29.4 Å². The summed E-state index contributed by atoms with van der Waals surface area (Å²) in [6.07, 6.45) is 4.62. The summed E-state index contributed by atoms with van der Waals surface area (Å²) in [5.74, 6) is 0.986. The first-order chi connectivity index (χ1) is 15.0. The molecule has 31 heavy (non-hydrogen) atoms. The smallest absolute Gasteiger partial charge is 0.183 e. The number of carbonyl (C=O) groups excluding carboxylic acids is 1. The Morgan fingerprint density at radius 3 is 2.97 bits per heavy atom. The second kappa shape index (κ2) is 6.55. The first-order valence-corrected chi connectivity index (χ1v) is 10.5. The minimum absolute atomic E-state index is 0.273. The summed E-state index contributed by atoms with van der Waals surface area (Å²) in [6, 6.07) is 8.29. The molecule has 0 saturated carbocycles. The van der Waals surface area contributed by atoms with E-state index >= 15 is 0 Å². The lowest BCUT2D eigenvalue weighted by Crippen LogP contribution is -2.23. The van der Waals surface area contributed by atoms with Gasteiger partial charge in [-0.2, -0.15) is 10.2 Å². The van der Waals surface area contributed by atoms with Crippen LogP contribution < -0.4 is 0 Å². The summed E-state index contributed by atoms with van der Waals surface area (Å²) < 4.78 is 9.24. The maximum Gasteiger partial charge on any atom is 0.183 e. The number of ether oxygens (including phenoxy) is 1. The fourth-order valence-electron chi connectivity index (χ4n) is 4.57. The van der Waals surface area contributed by atoms with Gasteiger partial charge in [-0.15, -0.1) is 0 Å². The van der Waals surface area contributed by atoms with Crippen LogP contribution in [-0.4, -0.2) is 41.8 Å². The molecule has 4 aromatic rings. The van der Waals surface area contributed by atoms with E-state index in [0.29, 0.717) is 43.2 Å². The summed E-state index contributed by atoms with van der Waals surface area (Å²) in [6.45, 7) is 5.97. The zero-order chi connectivity index (χ0) is 21.2. The molecule has 0 atom stereocenters. The van der Waals surface area contributed by atoms with Crippen LogP contribution in [0.15, 0.2) is 36.7 Å². The number of nitrogens with zero attached hydrogens (tertiary/aromatic N) is 6. The van der Waals surface area contributed by atoms with E-state index in [-0.39, 0.29) is 5.78 Å². The van der Waals surface area contributed by atoms with Crippen molar-refractivity contribution in [2.24, 2.45) is 0 Å². The minimum atomic E-state index is -0.398. The molecular formula is C23H22N6O2. The molecule has 156 valence electrons. The predicted octanol–water partition coefficient (Wildman–Crippen LogP) is 2.51. The standard InChI is InChI=1S/C23H22N6O2/c1-23(2)17-4-3-14(9-15(17)11-19(23)30)10-20-25-22-21(24-5-6-29(22)27-20)18-12-16-13-31-8-7-28(16)26-18/h3-6,9,12H,7-8,10-11,13H2,1-2H3. The van der Waals surface area contributed by atoms with Gasteiger partial charge in [-0.25, -0.2) is 14.5 Å². The molecule has 8 heteroatoms. The maximum absolute atomic E-state index is 12.3. The van der Waals surface area contributed by atoms with Crippen LogP contribution in [0, 0.1) is 0 Å². The summed E-state index contributed by atoms with van der Waals surface area (Å²) in [5.41, 5.74) is 6.17. The third-order valence-corrected chi connectivity index (χ3v) is 6.36. The number of Topliss-reactive ketones (excluding diaryl/α,β-unsaturated/α-hetero) is 1. The number of hydrogen-bond acceptors (Lipinski definition) is 6. The molecule has 0 amide bonds. The topological polar surface area (TPSA) is 87.2 Å². The maximum atomic E-state index is 12.3. The largest absolute Gasteiger partial charge is 0.373 e. The highest BCUT2D eigenvalue weighted by Gasteiger charge is 2.37. The summed E-state index contributed by atoms with van der Waals surface area (Å²) >= 11 is 0. The van der Waals surface area contributed by atoms with E-state index in [2.05, 4.69) is 33.4 Å². The van der Waals surface area contributed by atoms with Crippen LogP contribution in [0.2, 0.25) is 0 Å². The lowest BCUT2D eigenvalue weighted by Gasteiger charge is -2.17. The first kappa shape index (κ1) is 18.4. The molecule has 8 nitrogen and oxygen atoms in total. The molecule has 0 fully saturated rings. The summed E-state index contributed by atoms with van der Waals surface area (Å²) in [5, 5.41) is 9.34. The van der Waals surface area contributed by atoms with Crippen molar-refractivity contribution in [2.45, 2.75) is 45.3 Å². The van der Waals surface area contributed by atoms with E-state index < -0.39 is 5.41 Å². The van der Waals surface area contributed by atoms with Crippen molar-refractivity contribution in [3.8, 4) is 11.4 Å². The lowest BCUT2D eigenvalue weighted by atomic mass is 9.85. The Kier molecular flexibility index (Phi) is 3.89. The van der Waals surface area contributed by atoms with E-state index in [4.69, 9.17) is 9.72 Å². The van der Waals surface area contributed by atoms with Gasteiger partial charge in [0.2, 0.25) is 0 Å². The average molecular weight is 414 g/mol. The molecule has 0 bridgehead atoms. The highest BCUT2D eigenvalue weighted by molar-refractivity contribution is 5.95. The van der Waals surface area contributed by atoms with E-state index in [1.807, 2.05) is 24.6 Å². The lowest BCUT2D eigenvalue weighted by molar-refractivity contribution is -0.121. The van der Waals surface area contributed by atoms with E-state index in [1.165, 1.54) is 0 Å². The van der Waals surface area contributed by atoms with Crippen molar-refractivity contribution in [3.05, 3.63) is 64.9 Å². The van der Waals surface area contributed by atoms with Crippen molar-refractivity contribution >= 4 is 11.4 Å². The molecule has 1 aliphatic carbocycles. The van der Waals surface area contributed by atoms with Crippen LogP contribution >= 0.6 is 0 Å². The molecule has 0 radical (unpaired) electrons. The minimum Gasteiger partial charge on any atom is -0.373 e. The van der Waals surface area contributed by atoms with E-state index in [9.17, 15) is 4.79 Å². The summed E-state index contributed by atoms with van der Waals surface area (Å²) in [7, 11) is 0. The van der Waals surface area contributed by atoms with Crippen LogP contribution in [0.1, 0.15) is 42.1 Å². The highest BCUT2D eigenvalue weighted by Crippen LogP contribution is 2.36. The number of rotatable bonds is 3. The number of hydrogen-bond donors (Lipinski definition) is 0. The summed E-state index contributed by atoms with van der Waals surface area (Å²) in [4.78, 5) is 21.6. The second-order valence-electron chi connectivity index (χ2n) is 8.76. The molecule has 1 aliphatic heterocycles. The van der Waals surface area contributed by atoms with Gasteiger partial charge in [0.05, 0.1) is 25.5 Å². The van der Waals surface area contributed by atoms with E-state index in [0.717, 1.165) is 34.6 Å². The number of carbonyl (C=O) groups is 1. The van der Waals surface area contributed by atoms with Gasteiger partial charge >= 0.3 is 0 Å². The molecule has 6 rings (SSSR count). The monoisotopic (exact) mass is 414 g/mol. The van der Waals surface area contributed by atoms with Gasteiger partial charge < -0.3 is 4.74 Å². The Balaban J connectivity index is 1.34. The molecule has 4 heterocycles. The van der Waals surface area contributed by atoms with Gasteiger partial charge in [-0.3, -0.25) is 9.48 Å². The van der Waals surface area contributed by atoms with Crippen LogP contribution in [-0.2, 0) is 40.9 Å². The zero-order valence-electron chi connectivity index (χ0n) is 17.5. The van der Waals surface area contributed by atoms with Crippen LogP contribution in [0.4, 0.5) is 0 Å². The van der Waals surface area contributed by atoms with Gasteiger partial charge in [-0.1, -0.05) is 18.2 Å². The number of ketones is 1.